The van der Waals surface area contributed by atoms with Crippen LogP contribution in [0, 0.1) is 23.5 Å². The van der Waals surface area contributed by atoms with Crippen LogP contribution in [-0.4, -0.2) is 34.1 Å². The van der Waals surface area contributed by atoms with Gasteiger partial charge in [0.25, 0.3) is 0 Å². The third-order valence-corrected chi connectivity index (χ3v) is 8.04. The highest BCUT2D eigenvalue weighted by molar-refractivity contribution is 7.14. The largest absolute Gasteiger partial charge is 0.342 e. The zero-order valence-corrected chi connectivity index (χ0v) is 19.0. The lowest BCUT2D eigenvalue weighted by Gasteiger charge is -2.36. The van der Waals surface area contributed by atoms with E-state index in [1.54, 1.807) is 0 Å². The molecule has 2 aliphatic rings. The minimum atomic E-state index is -0.618. The predicted octanol–water partition coefficient (Wildman–Crippen LogP) is 6.19. The van der Waals surface area contributed by atoms with Crippen molar-refractivity contribution in [2.75, 3.05) is 13.1 Å². The van der Waals surface area contributed by atoms with E-state index in [-0.39, 0.29) is 17.4 Å². The summed E-state index contributed by atoms with van der Waals surface area (Å²) in [6.45, 7) is 3.74. The Hall–Kier alpha value is -1.89. The molecular formula is C24H31F2N3OS. The number of hydrogen-bond acceptors (Lipinski definition) is 4. The summed E-state index contributed by atoms with van der Waals surface area (Å²) in [5, 5.41) is 9.77. The second kappa shape index (κ2) is 10.2. The van der Waals surface area contributed by atoms with Gasteiger partial charge in [-0.15, -0.1) is 10.2 Å². The van der Waals surface area contributed by atoms with E-state index in [1.807, 2.05) is 4.90 Å². The number of carbonyl (C=O) groups is 1. The molecule has 1 aliphatic carbocycles. The molecular weight excluding hydrogens is 416 g/mol. The van der Waals surface area contributed by atoms with Crippen molar-refractivity contribution in [2.24, 2.45) is 11.8 Å². The second-order valence-corrected chi connectivity index (χ2v) is 10.0. The van der Waals surface area contributed by atoms with Gasteiger partial charge >= 0.3 is 0 Å². The Kier molecular flexibility index (Phi) is 7.31. The maximum atomic E-state index is 14.0. The number of piperidine rings is 1. The first-order valence-electron chi connectivity index (χ1n) is 11.6. The highest BCUT2D eigenvalue weighted by Crippen LogP contribution is 2.37. The molecule has 1 saturated heterocycles. The van der Waals surface area contributed by atoms with Crippen LogP contribution < -0.4 is 0 Å². The van der Waals surface area contributed by atoms with Gasteiger partial charge in [0.05, 0.1) is 0 Å². The Morgan fingerprint density at radius 3 is 2.52 bits per heavy atom. The van der Waals surface area contributed by atoms with Crippen LogP contribution in [0.4, 0.5) is 8.78 Å². The molecule has 4 rings (SSSR count). The lowest BCUT2D eigenvalue weighted by Crippen LogP contribution is -2.42. The Morgan fingerprint density at radius 1 is 1.10 bits per heavy atom. The fourth-order valence-corrected chi connectivity index (χ4v) is 6.01. The molecule has 168 valence electrons. The number of hydrogen-bond donors (Lipinski definition) is 0. The van der Waals surface area contributed by atoms with Gasteiger partial charge in [-0.25, -0.2) is 8.78 Å². The molecule has 0 bridgehead atoms. The third-order valence-electron chi connectivity index (χ3n) is 6.92. The van der Waals surface area contributed by atoms with E-state index >= 15 is 0 Å². The van der Waals surface area contributed by atoms with Gasteiger partial charge in [-0.1, -0.05) is 37.5 Å². The SMILES string of the molecule is CCCCC1CCC(C(=O)N2CCC(c3nnc(-c4ccc(F)cc4F)s3)CC2)CC1. The molecule has 1 amide bonds. The summed E-state index contributed by atoms with van der Waals surface area (Å²) in [4.78, 5) is 15.0. The van der Waals surface area contributed by atoms with Crippen molar-refractivity contribution >= 4 is 17.2 Å². The molecule has 1 aromatic carbocycles. The quantitative estimate of drug-likeness (QED) is 0.531. The zero-order valence-electron chi connectivity index (χ0n) is 18.2. The first-order valence-corrected chi connectivity index (χ1v) is 12.4. The van der Waals surface area contributed by atoms with Crippen molar-refractivity contribution in [3.63, 3.8) is 0 Å². The van der Waals surface area contributed by atoms with Crippen LogP contribution in [0.2, 0.25) is 0 Å². The molecule has 0 unspecified atom stereocenters. The van der Waals surface area contributed by atoms with Crippen molar-refractivity contribution in [3.05, 3.63) is 34.8 Å². The van der Waals surface area contributed by atoms with Gasteiger partial charge in [-0.3, -0.25) is 4.79 Å². The maximum absolute atomic E-state index is 14.0. The molecule has 4 nitrogen and oxygen atoms in total. The highest BCUT2D eigenvalue weighted by atomic mass is 32.1. The van der Waals surface area contributed by atoms with Crippen LogP contribution in [0.1, 0.15) is 75.6 Å². The van der Waals surface area contributed by atoms with Gasteiger partial charge in [0.1, 0.15) is 16.6 Å². The Morgan fingerprint density at radius 2 is 1.84 bits per heavy atom. The molecule has 2 fully saturated rings. The van der Waals surface area contributed by atoms with Crippen molar-refractivity contribution in [3.8, 4) is 10.6 Å². The number of carbonyl (C=O) groups excluding carboxylic acids is 1. The molecule has 7 heteroatoms. The van der Waals surface area contributed by atoms with Gasteiger partial charge < -0.3 is 4.90 Å². The van der Waals surface area contributed by atoms with E-state index in [1.165, 1.54) is 55.6 Å². The number of benzene rings is 1. The molecule has 31 heavy (non-hydrogen) atoms. The van der Waals surface area contributed by atoms with Crippen LogP contribution in [0.3, 0.4) is 0 Å². The van der Waals surface area contributed by atoms with E-state index in [0.29, 0.717) is 10.9 Å². The lowest BCUT2D eigenvalue weighted by molar-refractivity contribution is -0.138. The van der Waals surface area contributed by atoms with Crippen LogP contribution in [0.5, 0.6) is 0 Å². The summed E-state index contributed by atoms with van der Waals surface area (Å²) in [5.41, 5.74) is 0.285. The molecule has 0 spiro atoms. The summed E-state index contributed by atoms with van der Waals surface area (Å²) in [6.07, 6.45) is 10.1. The van der Waals surface area contributed by atoms with E-state index < -0.39 is 11.6 Å². The second-order valence-electron chi connectivity index (χ2n) is 9.03. The predicted molar refractivity (Wildman–Crippen MR) is 119 cm³/mol. The maximum Gasteiger partial charge on any atom is 0.225 e. The van der Waals surface area contributed by atoms with E-state index in [0.717, 1.165) is 55.8 Å². The number of aromatic nitrogens is 2. The molecule has 0 radical (unpaired) electrons. The van der Waals surface area contributed by atoms with Gasteiger partial charge in [0, 0.05) is 36.6 Å². The lowest BCUT2D eigenvalue weighted by atomic mass is 9.79. The summed E-state index contributed by atoms with van der Waals surface area (Å²) in [5.74, 6) is 0.364. The van der Waals surface area contributed by atoms with Crippen molar-refractivity contribution in [2.45, 2.75) is 70.6 Å². The number of unbranched alkanes of at least 4 members (excludes halogenated alkanes) is 1. The van der Waals surface area contributed by atoms with Gasteiger partial charge in [0.2, 0.25) is 5.91 Å². The molecule has 1 aromatic heterocycles. The van der Waals surface area contributed by atoms with Crippen molar-refractivity contribution in [1.29, 1.82) is 0 Å². The molecule has 1 saturated carbocycles. The number of rotatable bonds is 6. The van der Waals surface area contributed by atoms with Crippen LogP contribution in [0.25, 0.3) is 10.6 Å². The average Bonchev–Trinajstić information content (AvgIpc) is 3.27. The number of nitrogens with zero attached hydrogens (tertiary/aromatic N) is 3. The van der Waals surface area contributed by atoms with E-state index in [2.05, 4.69) is 17.1 Å². The number of halogens is 2. The molecule has 2 aromatic rings. The minimum absolute atomic E-state index is 0.198. The molecule has 2 heterocycles. The summed E-state index contributed by atoms with van der Waals surface area (Å²) in [7, 11) is 0. The van der Waals surface area contributed by atoms with E-state index in [4.69, 9.17) is 0 Å². The average molecular weight is 448 g/mol. The van der Waals surface area contributed by atoms with Crippen molar-refractivity contribution in [1.82, 2.24) is 15.1 Å². The summed E-state index contributed by atoms with van der Waals surface area (Å²) < 4.78 is 27.2. The van der Waals surface area contributed by atoms with Gasteiger partial charge in [-0.05, 0) is 56.6 Å². The molecule has 0 atom stereocenters. The summed E-state index contributed by atoms with van der Waals surface area (Å²) in [6, 6.07) is 3.52. The smallest absolute Gasteiger partial charge is 0.225 e. The van der Waals surface area contributed by atoms with Crippen molar-refractivity contribution < 1.29 is 13.6 Å². The van der Waals surface area contributed by atoms with Crippen LogP contribution >= 0.6 is 11.3 Å². The Balaban J connectivity index is 1.29. The topological polar surface area (TPSA) is 46.1 Å². The highest BCUT2D eigenvalue weighted by Gasteiger charge is 2.32. The van der Waals surface area contributed by atoms with Crippen LogP contribution in [0.15, 0.2) is 18.2 Å². The monoisotopic (exact) mass is 447 g/mol. The van der Waals surface area contributed by atoms with Gasteiger partial charge in [0.15, 0.2) is 5.01 Å². The molecule has 0 N–H and O–H groups in total. The fourth-order valence-electron chi connectivity index (χ4n) is 4.97. The summed E-state index contributed by atoms with van der Waals surface area (Å²) >= 11 is 1.37. The Labute approximate surface area is 187 Å². The third kappa shape index (κ3) is 5.30. The fraction of sp³-hybridized carbons (Fsp3) is 0.625. The standard InChI is InChI=1S/C24H31F2N3OS/c1-2-3-4-16-5-7-18(8-6-16)24(30)29-13-11-17(12-14-29)22-27-28-23(31-22)20-10-9-19(25)15-21(20)26/h9-10,15-18H,2-8,11-14H2,1H3. The number of likely N-dealkylation sites (tertiary alicyclic amines) is 1. The van der Waals surface area contributed by atoms with E-state index in [9.17, 15) is 13.6 Å². The number of amides is 1. The van der Waals surface area contributed by atoms with Gasteiger partial charge in [-0.2, -0.15) is 0 Å². The first-order chi connectivity index (χ1) is 15.0. The van der Waals surface area contributed by atoms with Crippen LogP contribution in [-0.2, 0) is 4.79 Å². The normalized spacial score (nSPS) is 22.6. The minimum Gasteiger partial charge on any atom is -0.342 e. The Bertz CT molecular complexity index is 887. The first kappa shape index (κ1) is 22.3. The molecule has 1 aliphatic heterocycles. The zero-order chi connectivity index (χ0) is 21.8.